The summed E-state index contributed by atoms with van der Waals surface area (Å²) in [7, 11) is 2.80. The summed E-state index contributed by atoms with van der Waals surface area (Å²) in [5.41, 5.74) is -0.335. The molecule has 0 atom stereocenters. The highest BCUT2D eigenvalue weighted by Gasteiger charge is 2.21. The molecule has 0 bridgehead atoms. The number of hydrogen-bond donors (Lipinski definition) is 1. The standard InChI is InChI=1S/C15H14N2O7/c1-8(18)23-9-5-4-6-10(13(9)14(19)20)24-15-16-11(21-2)7-12(17-15)22-3/h4-7H,1-3H3,(H,19,20). The van der Waals surface area contributed by atoms with Crippen LogP contribution in [0.4, 0.5) is 0 Å². The Hall–Kier alpha value is -3.36. The van der Waals surface area contributed by atoms with Crippen LogP contribution in [0.25, 0.3) is 0 Å². The molecule has 0 amide bonds. The maximum Gasteiger partial charge on any atom is 0.343 e. The molecule has 2 rings (SSSR count). The second-order valence-electron chi connectivity index (χ2n) is 4.37. The quantitative estimate of drug-likeness (QED) is 0.624. The van der Waals surface area contributed by atoms with E-state index in [1.165, 1.54) is 38.5 Å². The van der Waals surface area contributed by atoms with Gasteiger partial charge in [0.25, 0.3) is 0 Å². The Labute approximate surface area is 136 Å². The van der Waals surface area contributed by atoms with Gasteiger partial charge >= 0.3 is 17.9 Å². The van der Waals surface area contributed by atoms with Gasteiger partial charge in [-0.3, -0.25) is 4.79 Å². The summed E-state index contributed by atoms with van der Waals surface area (Å²) in [6.07, 6.45) is 0. The van der Waals surface area contributed by atoms with Crippen LogP contribution in [0.15, 0.2) is 24.3 Å². The zero-order valence-electron chi connectivity index (χ0n) is 13.1. The first-order chi connectivity index (χ1) is 11.4. The van der Waals surface area contributed by atoms with E-state index in [2.05, 4.69) is 9.97 Å². The average molecular weight is 334 g/mol. The van der Waals surface area contributed by atoms with Gasteiger partial charge < -0.3 is 24.1 Å². The Morgan fingerprint density at radius 1 is 1.04 bits per heavy atom. The van der Waals surface area contributed by atoms with Crippen LogP contribution in [0.3, 0.4) is 0 Å². The number of carboxylic acid groups (broad SMARTS) is 1. The van der Waals surface area contributed by atoms with Crippen molar-refractivity contribution in [3.8, 4) is 29.3 Å². The predicted molar refractivity (Wildman–Crippen MR) is 79.9 cm³/mol. The molecule has 0 aliphatic heterocycles. The molecule has 0 radical (unpaired) electrons. The Balaban J connectivity index is 2.46. The van der Waals surface area contributed by atoms with E-state index < -0.39 is 11.9 Å². The Kier molecular flexibility index (Phi) is 5.15. The van der Waals surface area contributed by atoms with Gasteiger partial charge in [-0.15, -0.1) is 0 Å². The molecule has 0 aliphatic carbocycles. The van der Waals surface area contributed by atoms with Crippen LogP contribution in [0.5, 0.6) is 29.3 Å². The average Bonchev–Trinajstić information content (AvgIpc) is 2.53. The summed E-state index contributed by atoms with van der Waals surface area (Å²) < 4.78 is 20.3. The molecule has 126 valence electrons. The minimum absolute atomic E-state index is 0.100. The molecular weight excluding hydrogens is 320 g/mol. The lowest BCUT2D eigenvalue weighted by molar-refractivity contribution is -0.131. The van der Waals surface area contributed by atoms with Gasteiger partial charge in [0, 0.05) is 6.92 Å². The Morgan fingerprint density at radius 2 is 1.62 bits per heavy atom. The molecule has 9 nitrogen and oxygen atoms in total. The van der Waals surface area contributed by atoms with Gasteiger partial charge in [0.1, 0.15) is 17.1 Å². The third-order valence-electron chi connectivity index (χ3n) is 2.73. The molecule has 0 saturated carbocycles. The van der Waals surface area contributed by atoms with Crippen LogP contribution in [-0.2, 0) is 4.79 Å². The van der Waals surface area contributed by atoms with Crippen molar-refractivity contribution in [3.05, 3.63) is 29.8 Å². The molecule has 1 aromatic heterocycles. The Bertz CT molecular complexity index is 754. The molecule has 0 spiro atoms. The molecule has 1 heterocycles. The highest BCUT2D eigenvalue weighted by atomic mass is 16.5. The second-order valence-corrected chi connectivity index (χ2v) is 4.37. The fourth-order valence-electron chi connectivity index (χ4n) is 1.78. The predicted octanol–water partition coefficient (Wildman–Crippen LogP) is 1.91. The van der Waals surface area contributed by atoms with Crippen LogP contribution >= 0.6 is 0 Å². The number of carboxylic acids is 1. The number of nitrogens with zero attached hydrogens (tertiary/aromatic N) is 2. The largest absolute Gasteiger partial charge is 0.481 e. The van der Waals surface area contributed by atoms with Crippen molar-refractivity contribution in [1.29, 1.82) is 0 Å². The van der Waals surface area contributed by atoms with Crippen molar-refractivity contribution in [2.24, 2.45) is 0 Å². The number of aromatic carboxylic acids is 1. The number of aromatic nitrogens is 2. The third kappa shape index (κ3) is 3.88. The van der Waals surface area contributed by atoms with Gasteiger partial charge in [0.05, 0.1) is 20.3 Å². The summed E-state index contributed by atoms with van der Waals surface area (Å²) in [6.45, 7) is 1.16. The number of hydrogen-bond acceptors (Lipinski definition) is 8. The number of ether oxygens (including phenoxy) is 4. The third-order valence-corrected chi connectivity index (χ3v) is 2.73. The number of benzene rings is 1. The van der Waals surface area contributed by atoms with Crippen molar-refractivity contribution >= 4 is 11.9 Å². The van der Waals surface area contributed by atoms with Crippen LogP contribution in [0.1, 0.15) is 17.3 Å². The lowest BCUT2D eigenvalue weighted by Gasteiger charge is -2.12. The van der Waals surface area contributed by atoms with Gasteiger partial charge in [-0.25, -0.2) is 4.79 Å². The lowest BCUT2D eigenvalue weighted by atomic mass is 10.2. The molecule has 1 N–H and O–H groups in total. The van der Waals surface area contributed by atoms with E-state index in [1.807, 2.05) is 0 Å². The second kappa shape index (κ2) is 7.27. The monoisotopic (exact) mass is 334 g/mol. The molecule has 0 fully saturated rings. The van der Waals surface area contributed by atoms with Crippen molar-refractivity contribution < 1.29 is 33.6 Å². The lowest BCUT2D eigenvalue weighted by Crippen LogP contribution is -2.09. The van der Waals surface area contributed by atoms with E-state index in [4.69, 9.17) is 18.9 Å². The van der Waals surface area contributed by atoms with E-state index in [-0.39, 0.29) is 34.8 Å². The van der Waals surface area contributed by atoms with Crippen molar-refractivity contribution in [2.75, 3.05) is 14.2 Å². The number of rotatable bonds is 6. The normalized spacial score (nSPS) is 9.96. The topological polar surface area (TPSA) is 117 Å². The van der Waals surface area contributed by atoms with E-state index in [0.717, 1.165) is 6.92 Å². The summed E-state index contributed by atoms with van der Waals surface area (Å²) in [4.78, 5) is 30.5. The van der Waals surface area contributed by atoms with E-state index in [9.17, 15) is 14.7 Å². The summed E-state index contributed by atoms with van der Waals surface area (Å²) in [5, 5.41) is 9.38. The summed E-state index contributed by atoms with van der Waals surface area (Å²) in [5.74, 6) is -1.90. The minimum Gasteiger partial charge on any atom is -0.481 e. The number of esters is 1. The van der Waals surface area contributed by atoms with Crippen LogP contribution in [0.2, 0.25) is 0 Å². The SMILES string of the molecule is COc1cc(OC)nc(Oc2cccc(OC(C)=O)c2C(=O)O)n1. The van der Waals surface area contributed by atoms with Gasteiger partial charge in [0.2, 0.25) is 11.8 Å². The maximum atomic E-state index is 11.5. The van der Waals surface area contributed by atoms with Crippen molar-refractivity contribution in [3.63, 3.8) is 0 Å². The summed E-state index contributed by atoms with van der Waals surface area (Å²) in [6, 6.07) is 5.43. The van der Waals surface area contributed by atoms with Crippen LogP contribution in [-0.4, -0.2) is 41.2 Å². The molecule has 24 heavy (non-hydrogen) atoms. The molecule has 1 aromatic carbocycles. The Morgan fingerprint density at radius 3 is 2.12 bits per heavy atom. The molecule has 0 saturated heterocycles. The molecule has 0 unspecified atom stereocenters. The van der Waals surface area contributed by atoms with E-state index >= 15 is 0 Å². The van der Waals surface area contributed by atoms with Crippen molar-refractivity contribution in [2.45, 2.75) is 6.92 Å². The van der Waals surface area contributed by atoms with Gasteiger partial charge in [-0.1, -0.05) is 6.07 Å². The first-order valence-corrected chi connectivity index (χ1v) is 6.64. The molecular formula is C15H14N2O7. The van der Waals surface area contributed by atoms with Gasteiger partial charge in [-0.05, 0) is 12.1 Å². The first-order valence-electron chi connectivity index (χ1n) is 6.64. The fraction of sp³-hybridized carbons (Fsp3) is 0.200. The maximum absolute atomic E-state index is 11.5. The first kappa shape index (κ1) is 17.0. The van der Waals surface area contributed by atoms with E-state index in [0.29, 0.717) is 0 Å². The fourth-order valence-corrected chi connectivity index (χ4v) is 1.78. The molecule has 2 aromatic rings. The number of methoxy groups -OCH3 is 2. The van der Waals surface area contributed by atoms with Crippen molar-refractivity contribution in [1.82, 2.24) is 9.97 Å². The van der Waals surface area contributed by atoms with E-state index in [1.54, 1.807) is 0 Å². The highest BCUT2D eigenvalue weighted by molar-refractivity contribution is 5.95. The number of carbonyl (C=O) groups is 2. The molecule has 9 heteroatoms. The number of carbonyl (C=O) groups excluding carboxylic acids is 1. The summed E-state index contributed by atoms with van der Waals surface area (Å²) >= 11 is 0. The zero-order valence-corrected chi connectivity index (χ0v) is 13.1. The minimum atomic E-state index is -1.34. The zero-order chi connectivity index (χ0) is 17.7. The van der Waals surface area contributed by atoms with Crippen LogP contribution in [0, 0.1) is 0 Å². The highest BCUT2D eigenvalue weighted by Crippen LogP contribution is 2.32. The van der Waals surface area contributed by atoms with Gasteiger partial charge in [0.15, 0.2) is 0 Å². The smallest absolute Gasteiger partial charge is 0.343 e. The van der Waals surface area contributed by atoms with Gasteiger partial charge in [-0.2, -0.15) is 9.97 Å². The molecule has 0 aliphatic rings. The van der Waals surface area contributed by atoms with Crippen LogP contribution < -0.4 is 18.9 Å².